The Hall–Kier alpha value is -3.42. The van der Waals surface area contributed by atoms with Gasteiger partial charge in [0.05, 0.1) is 28.4 Å². The van der Waals surface area contributed by atoms with Gasteiger partial charge >= 0.3 is 0 Å². The highest BCUT2D eigenvalue weighted by Gasteiger charge is 2.47. The summed E-state index contributed by atoms with van der Waals surface area (Å²) in [4.78, 5) is 31.5. The Labute approximate surface area is 192 Å². The number of benzene rings is 2. The van der Waals surface area contributed by atoms with Crippen LogP contribution in [0.4, 0.5) is 10.1 Å². The fourth-order valence-electron chi connectivity index (χ4n) is 3.52. The first-order chi connectivity index (χ1) is 15.3. The van der Waals surface area contributed by atoms with Crippen LogP contribution in [0.1, 0.15) is 17.3 Å². The number of aromatic nitrogens is 1. The number of methoxy groups -OCH3 is 1. The third-order valence-corrected chi connectivity index (χ3v) is 5.60. The van der Waals surface area contributed by atoms with Crippen molar-refractivity contribution in [3.63, 3.8) is 0 Å². The van der Waals surface area contributed by atoms with Crippen LogP contribution < -0.4 is 9.64 Å². The number of Topliss-reactive ketones (excluding diaryl/α,β-unsaturated/α-hetero) is 1. The quantitative estimate of drug-likeness (QED) is 0.322. The number of aliphatic hydroxyl groups excluding tert-OH is 1. The lowest BCUT2D eigenvalue weighted by molar-refractivity contribution is -0.132. The van der Waals surface area contributed by atoms with Crippen molar-refractivity contribution in [2.75, 3.05) is 12.0 Å². The number of ketones is 1. The van der Waals surface area contributed by atoms with Crippen molar-refractivity contribution in [3.05, 3.63) is 93.5 Å². The van der Waals surface area contributed by atoms with Crippen LogP contribution in [0, 0.1) is 5.82 Å². The third-order valence-electron chi connectivity index (χ3n) is 5.02. The Morgan fingerprint density at radius 1 is 1.09 bits per heavy atom. The number of rotatable bonds is 4. The molecular formula is C23H15Cl2FN2O4. The van der Waals surface area contributed by atoms with Gasteiger partial charge in [0, 0.05) is 17.4 Å². The van der Waals surface area contributed by atoms with Gasteiger partial charge in [0.25, 0.3) is 11.7 Å². The predicted octanol–water partition coefficient (Wildman–Crippen LogP) is 5.16. The maximum Gasteiger partial charge on any atom is 0.300 e. The smallest absolute Gasteiger partial charge is 0.300 e. The van der Waals surface area contributed by atoms with Crippen LogP contribution in [-0.2, 0) is 9.59 Å². The van der Waals surface area contributed by atoms with E-state index in [4.69, 9.17) is 27.9 Å². The Morgan fingerprint density at radius 3 is 2.50 bits per heavy atom. The third kappa shape index (κ3) is 3.70. The van der Waals surface area contributed by atoms with Gasteiger partial charge < -0.3 is 9.84 Å². The number of aliphatic hydroxyl groups is 1. The van der Waals surface area contributed by atoms with Gasteiger partial charge in [-0.3, -0.25) is 19.5 Å². The Kier molecular flexibility index (Phi) is 5.86. The van der Waals surface area contributed by atoms with Crippen LogP contribution >= 0.6 is 23.2 Å². The molecule has 0 radical (unpaired) electrons. The van der Waals surface area contributed by atoms with Gasteiger partial charge in [0.2, 0.25) is 0 Å². The summed E-state index contributed by atoms with van der Waals surface area (Å²) in [5.74, 6) is -2.56. The molecule has 6 nitrogen and oxygen atoms in total. The SMILES string of the molecule is COc1ccc(/C(O)=C2\C(=O)C(=O)N(c3ccc(F)c(Cl)c3)C2c2ccccn2)cc1Cl. The van der Waals surface area contributed by atoms with E-state index in [2.05, 4.69) is 4.98 Å². The first kappa shape index (κ1) is 21.8. The van der Waals surface area contributed by atoms with Crippen molar-refractivity contribution < 1.29 is 23.8 Å². The van der Waals surface area contributed by atoms with Crippen LogP contribution in [0.5, 0.6) is 5.75 Å². The molecule has 1 saturated heterocycles. The summed E-state index contributed by atoms with van der Waals surface area (Å²) >= 11 is 12.1. The molecule has 4 rings (SSSR count). The van der Waals surface area contributed by atoms with Crippen molar-refractivity contribution in [2.24, 2.45) is 0 Å². The molecule has 1 atom stereocenters. The normalized spacial score (nSPS) is 17.6. The molecule has 1 fully saturated rings. The van der Waals surface area contributed by atoms with Crippen molar-refractivity contribution in [2.45, 2.75) is 6.04 Å². The van der Waals surface area contributed by atoms with Crippen molar-refractivity contribution >= 4 is 46.3 Å². The minimum atomic E-state index is -1.07. The highest BCUT2D eigenvalue weighted by Crippen LogP contribution is 2.42. The van der Waals surface area contributed by atoms with Crippen molar-refractivity contribution in [3.8, 4) is 5.75 Å². The number of amides is 1. The monoisotopic (exact) mass is 472 g/mol. The summed E-state index contributed by atoms with van der Waals surface area (Å²) in [5.41, 5.74) is 0.538. The number of ether oxygens (including phenoxy) is 1. The lowest BCUT2D eigenvalue weighted by Crippen LogP contribution is -2.29. The second-order valence-corrected chi connectivity index (χ2v) is 7.69. The molecule has 9 heteroatoms. The second kappa shape index (κ2) is 8.61. The number of halogens is 3. The summed E-state index contributed by atoms with van der Waals surface area (Å²) in [6.07, 6.45) is 1.50. The average molecular weight is 473 g/mol. The van der Waals surface area contributed by atoms with Crippen molar-refractivity contribution in [1.29, 1.82) is 0 Å². The highest BCUT2D eigenvalue weighted by molar-refractivity contribution is 6.51. The molecule has 1 unspecified atom stereocenters. The standard InChI is InChI=1S/C23H15Cl2FN2O4/c1-32-18-8-5-12(10-15(18)25)21(29)19-20(17-4-2-3-9-27-17)28(23(31)22(19)30)13-6-7-16(26)14(24)11-13/h2-11,20,29H,1H3/b21-19+. The number of nitrogens with zero attached hydrogens (tertiary/aromatic N) is 2. The molecule has 1 N–H and O–H groups in total. The van der Waals surface area contributed by atoms with Crippen LogP contribution in [0.2, 0.25) is 10.0 Å². The number of pyridine rings is 1. The summed E-state index contributed by atoms with van der Waals surface area (Å²) < 4.78 is 18.8. The number of anilines is 1. The van der Waals surface area contributed by atoms with E-state index in [-0.39, 0.29) is 26.9 Å². The minimum Gasteiger partial charge on any atom is -0.507 e. The van der Waals surface area contributed by atoms with Gasteiger partial charge in [-0.25, -0.2) is 4.39 Å². The molecule has 1 aliphatic heterocycles. The van der Waals surface area contributed by atoms with Gasteiger partial charge in [0.1, 0.15) is 23.4 Å². The Bertz CT molecular complexity index is 1260. The molecule has 0 saturated carbocycles. The molecule has 2 heterocycles. The molecule has 0 aliphatic carbocycles. The molecular weight excluding hydrogens is 458 g/mol. The Balaban J connectivity index is 1.94. The lowest BCUT2D eigenvalue weighted by atomic mass is 9.98. The lowest BCUT2D eigenvalue weighted by Gasteiger charge is -2.24. The van der Waals surface area contributed by atoms with Crippen LogP contribution in [0.25, 0.3) is 5.76 Å². The molecule has 1 aromatic heterocycles. The molecule has 3 aromatic rings. The molecule has 0 bridgehead atoms. The van der Waals surface area contributed by atoms with Gasteiger partial charge in [-0.1, -0.05) is 29.3 Å². The molecule has 1 aliphatic rings. The predicted molar refractivity (Wildman–Crippen MR) is 118 cm³/mol. The van der Waals surface area contributed by atoms with Crippen molar-refractivity contribution in [1.82, 2.24) is 4.98 Å². The fourth-order valence-corrected chi connectivity index (χ4v) is 3.95. The van der Waals surface area contributed by atoms with E-state index in [0.717, 1.165) is 11.0 Å². The van der Waals surface area contributed by atoms with Gasteiger partial charge in [-0.2, -0.15) is 0 Å². The van der Waals surface area contributed by atoms with E-state index < -0.39 is 29.3 Å². The maximum absolute atomic E-state index is 13.7. The average Bonchev–Trinajstić information content (AvgIpc) is 3.06. The summed E-state index contributed by atoms with van der Waals surface area (Å²) in [7, 11) is 1.45. The van der Waals surface area contributed by atoms with E-state index in [0.29, 0.717) is 11.4 Å². The summed E-state index contributed by atoms with van der Waals surface area (Å²) in [5, 5.41) is 11.1. The highest BCUT2D eigenvalue weighted by atomic mass is 35.5. The zero-order chi connectivity index (χ0) is 23.0. The zero-order valence-corrected chi connectivity index (χ0v) is 18.1. The van der Waals surface area contributed by atoms with E-state index in [1.54, 1.807) is 18.2 Å². The maximum atomic E-state index is 13.7. The number of hydrogen-bond donors (Lipinski definition) is 1. The first-order valence-electron chi connectivity index (χ1n) is 9.34. The summed E-state index contributed by atoms with van der Waals surface area (Å²) in [6, 6.07) is 12.0. The van der Waals surface area contributed by atoms with E-state index in [1.165, 1.54) is 43.6 Å². The van der Waals surface area contributed by atoms with E-state index in [9.17, 15) is 19.1 Å². The topological polar surface area (TPSA) is 79.7 Å². The molecule has 162 valence electrons. The van der Waals surface area contributed by atoms with Gasteiger partial charge in [-0.15, -0.1) is 0 Å². The molecule has 0 spiro atoms. The fraction of sp³-hybridized carbons (Fsp3) is 0.0870. The molecule has 2 aromatic carbocycles. The van der Waals surface area contributed by atoms with Crippen LogP contribution in [0.3, 0.4) is 0 Å². The van der Waals surface area contributed by atoms with Gasteiger partial charge in [-0.05, 0) is 48.5 Å². The zero-order valence-electron chi connectivity index (χ0n) is 16.6. The number of carbonyl (C=O) groups excluding carboxylic acids is 2. The van der Waals surface area contributed by atoms with E-state index in [1.807, 2.05) is 0 Å². The van der Waals surface area contributed by atoms with E-state index >= 15 is 0 Å². The second-order valence-electron chi connectivity index (χ2n) is 6.87. The first-order valence-corrected chi connectivity index (χ1v) is 10.1. The summed E-state index contributed by atoms with van der Waals surface area (Å²) in [6.45, 7) is 0. The number of carbonyl (C=O) groups is 2. The molecule has 1 amide bonds. The van der Waals surface area contributed by atoms with Crippen LogP contribution in [0.15, 0.2) is 66.4 Å². The Morgan fingerprint density at radius 2 is 1.88 bits per heavy atom. The number of hydrogen-bond acceptors (Lipinski definition) is 5. The van der Waals surface area contributed by atoms with Gasteiger partial charge in [0.15, 0.2) is 0 Å². The molecule has 32 heavy (non-hydrogen) atoms. The van der Waals surface area contributed by atoms with Crippen LogP contribution in [-0.4, -0.2) is 28.9 Å². The largest absolute Gasteiger partial charge is 0.507 e. The minimum absolute atomic E-state index is 0.181.